The van der Waals surface area contributed by atoms with Crippen LogP contribution in [0.25, 0.3) is 0 Å². The van der Waals surface area contributed by atoms with Crippen LogP contribution in [-0.4, -0.2) is 14.2 Å². The van der Waals surface area contributed by atoms with Crippen LogP contribution in [-0.2, 0) is 14.7 Å². The predicted molar refractivity (Wildman–Crippen MR) is 123 cm³/mol. The van der Waals surface area contributed by atoms with E-state index < -0.39 is 20.5 Å². The summed E-state index contributed by atoms with van der Waals surface area (Å²) in [6, 6.07) is 33.2. The monoisotopic (exact) mass is 440 g/mol. The zero-order valence-corrected chi connectivity index (χ0v) is 17.9. The maximum Gasteiger partial charge on any atom is 0.273 e. The van der Waals surface area contributed by atoms with Crippen molar-refractivity contribution in [2.45, 2.75) is 9.77 Å². The molecule has 0 aliphatic rings. The van der Waals surface area contributed by atoms with Gasteiger partial charge < -0.3 is 0 Å². The average Bonchev–Trinajstić information content (AvgIpc) is 2.86. The van der Waals surface area contributed by atoms with Crippen molar-refractivity contribution in [3.05, 3.63) is 132 Å². The molecule has 0 saturated heterocycles. The molecule has 0 aliphatic heterocycles. The number of rotatable bonds is 7. The van der Waals surface area contributed by atoms with Gasteiger partial charge in [0.25, 0.3) is 4.87 Å². The number of hydrogen-bond acceptors (Lipinski definition) is 5. The van der Waals surface area contributed by atoms with Crippen LogP contribution >= 0.6 is 0 Å². The Morgan fingerprint density at radius 3 is 1.66 bits per heavy atom. The number of ketones is 1. The minimum absolute atomic E-state index is 0.0138. The van der Waals surface area contributed by atoms with E-state index in [-0.39, 0.29) is 16.0 Å². The predicted octanol–water partition coefficient (Wildman–Crippen LogP) is 5.98. The molecule has 158 valence electrons. The van der Waals surface area contributed by atoms with E-state index in [1.54, 1.807) is 103 Å². The maximum atomic E-state index is 14.1. The van der Waals surface area contributed by atoms with E-state index in [0.29, 0.717) is 5.69 Å². The van der Waals surface area contributed by atoms with Gasteiger partial charge in [-0.15, -0.1) is 0 Å². The number of benzene rings is 4. The lowest BCUT2D eigenvalue weighted by Crippen LogP contribution is -2.42. The topological polar surface area (TPSA) is 75.9 Å². The number of carbonyl (C=O) groups excluding carboxylic acids is 1. The molecule has 4 rings (SSSR count). The van der Waals surface area contributed by atoms with Crippen molar-refractivity contribution in [2.75, 3.05) is 0 Å². The van der Waals surface area contributed by atoms with Crippen molar-refractivity contribution in [2.24, 2.45) is 10.2 Å². The number of hydrogen-bond donors (Lipinski definition) is 0. The summed E-state index contributed by atoms with van der Waals surface area (Å²) in [6.45, 7) is 0. The fourth-order valence-electron chi connectivity index (χ4n) is 3.41. The molecule has 6 heteroatoms. The molecule has 0 aliphatic carbocycles. The maximum absolute atomic E-state index is 14.1. The van der Waals surface area contributed by atoms with Gasteiger partial charge in [-0.25, -0.2) is 8.42 Å². The molecule has 0 N–H and O–H groups in total. The van der Waals surface area contributed by atoms with Gasteiger partial charge in [0.15, 0.2) is 0 Å². The highest BCUT2D eigenvalue weighted by Crippen LogP contribution is 2.41. The van der Waals surface area contributed by atoms with E-state index >= 15 is 0 Å². The minimum atomic E-state index is -4.34. The van der Waals surface area contributed by atoms with E-state index in [1.807, 2.05) is 6.07 Å². The van der Waals surface area contributed by atoms with Crippen LogP contribution in [0.3, 0.4) is 0 Å². The van der Waals surface area contributed by atoms with Crippen molar-refractivity contribution in [3.63, 3.8) is 0 Å². The van der Waals surface area contributed by atoms with Gasteiger partial charge >= 0.3 is 0 Å². The molecule has 0 unspecified atom stereocenters. The second-order valence-corrected chi connectivity index (χ2v) is 9.13. The molecule has 0 heterocycles. The Morgan fingerprint density at radius 1 is 0.625 bits per heavy atom. The largest absolute Gasteiger partial charge is 0.290 e. The minimum Gasteiger partial charge on any atom is -0.290 e. The lowest BCUT2D eigenvalue weighted by molar-refractivity contribution is 0.0936. The first-order chi connectivity index (χ1) is 15.6. The third kappa shape index (κ3) is 3.88. The standard InChI is InChI=1S/C26H20N2O3S/c29-25(21-13-5-1-6-14-21)26(22-15-7-2-8-16-22,28-27-23-17-9-3-10-18-23)32(30,31)24-19-11-4-12-20-24/h1-20H/t26-/m0/s1. The first-order valence-corrected chi connectivity index (χ1v) is 11.5. The molecule has 0 amide bonds. The summed E-state index contributed by atoms with van der Waals surface area (Å²) < 4.78 is 28.2. The van der Waals surface area contributed by atoms with Gasteiger partial charge in [0, 0.05) is 11.1 Å². The fourth-order valence-corrected chi connectivity index (χ4v) is 5.22. The number of nitrogens with zero attached hydrogens (tertiary/aromatic N) is 2. The molecule has 0 spiro atoms. The highest BCUT2D eigenvalue weighted by atomic mass is 32.2. The van der Waals surface area contributed by atoms with Crippen molar-refractivity contribution < 1.29 is 13.2 Å². The van der Waals surface area contributed by atoms with Crippen molar-refractivity contribution >= 4 is 21.3 Å². The van der Waals surface area contributed by atoms with Gasteiger partial charge in [0.05, 0.1) is 10.6 Å². The first-order valence-electron chi connectivity index (χ1n) is 9.99. The quantitative estimate of drug-likeness (QED) is 0.262. The second kappa shape index (κ2) is 9.08. The SMILES string of the molecule is O=C(c1ccccc1)[C@](N=Nc1ccccc1)(c1ccccc1)S(=O)(=O)c1ccccc1. The van der Waals surface area contributed by atoms with Crippen LogP contribution in [0.4, 0.5) is 5.69 Å². The Kier molecular flexibility index (Phi) is 6.05. The molecule has 0 bridgehead atoms. The molecule has 5 nitrogen and oxygen atoms in total. The summed E-state index contributed by atoms with van der Waals surface area (Å²) >= 11 is 0. The molecular formula is C26H20N2O3S. The summed E-state index contributed by atoms with van der Waals surface area (Å²) in [6.07, 6.45) is 0. The lowest BCUT2D eigenvalue weighted by Gasteiger charge is -2.28. The molecule has 32 heavy (non-hydrogen) atoms. The van der Waals surface area contributed by atoms with Crippen LogP contribution in [0.5, 0.6) is 0 Å². The molecule has 1 atom stereocenters. The van der Waals surface area contributed by atoms with Crippen molar-refractivity contribution in [1.29, 1.82) is 0 Å². The lowest BCUT2D eigenvalue weighted by atomic mass is 9.97. The number of azo groups is 1. The number of carbonyl (C=O) groups is 1. The van der Waals surface area contributed by atoms with Crippen LogP contribution in [0.1, 0.15) is 15.9 Å². The van der Waals surface area contributed by atoms with E-state index in [2.05, 4.69) is 10.2 Å². The Hall–Kier alpha value is -3.90. The van der Waals surface area contributed by atoms with Gasteiger partial charge in [-0.2, -0.15) is 10.2 Å². The van der Waals surface area contributed by atoms with E-state index in [4.69, 9.17) is 0 Å². The van der Waals surface area contributed by atoms with Crippen LogP contribution < -0.4 is 0 Å². The first kappa shape index (κ1) is 21.3. The van der Waals surface area contributed by atoms with Gasteiger partial charge in [-0.1, -0.05) is 97.1 Å². The highest BCUT2D eigenvalue weighted by Gasteiger charge is 2.54. The van der Waals surface area contributed by atoms with Crippen LogP contribution in [0.15, 0.2) is 136 Å². The zero-order chi connectivity index (χ0) is 22.4. The summed E-state index contributed by atoms with van der Waals surface area (Å²) in [4.78, 5) is 11.7. The van der Waals surface area contributed by atoms with Crippen LogP contribution in [0.2, 0.25) is 0 Å². The van der Waals surface area contributed by atoms with Gasteiger partial charge in [-0.3, -0.25) is 4.79 Å². The third-order valence-electron chi connectivity index (χ3n) is 5.01. The number of Topliss-reactive ketones (excluding diaryl/α,β-unsaturated/α-hetero) is 1. The fraction of sp³-hybridized carbons (Fsp3) is 0.0385. The van der Waals surface area contributed by atoms with Gasteiger partial charge in [-0.05, 0) is 24.3 Å². The van der Waals surface area contributed by atoms with E-state index in [1.165, 1.54) is 12.1 Å². The van der Waals surface area contributed by atoms with Crippen LogP contribution in [0, 0.1) is 0 Å². The molecular weight excluding hydrogens is 420 g/mol. The number of sulfone groups is 1. The zero-order valence-electron chi connectivity index (χ0n) is 17.1. The molecule has 0 fully saturated rings. The average molecular weight is 441 g/mol. The van der Waals surface area contributed by atoms with Crippen molar-refractivity contribution in [1.82, 2.24) is 0 Å². The Balaban J connectivity index is 2.05. The summed E-state index contributed by atoms with van der Waals surface area (Å²) in [5, 5.41) is 8.53. The molecule has 0 aromatic heterocycles. The Bertz CT molecular complexity index is 1330. The third-order valence-corrected chi connectivity index (χ3v) is 7.19. The highest BCUT2D eigenvalue weighted by molar-refractivity contribution is 7.93. The van der Waals surface area contributed by atoms with Gasteiger partial charge in [0.1, 0.15) is 0 Å². The van der Waals surface area contributed by atoms with E-state index in [9.17, 15) is 13.2 Å². The van der Waals surface area contributed by atoms with Gasteiger partial charge in [0.2, 0.25) is 15.6 Å². The Labute approximate surface area is 187 Å². The molecule has 0 saturated carbocycles. The summed E-state index contributed by atoms with van der Waals surface area (Å²) in [7, 11) is -4.34. The molecule has 0 radical (unpaired) electrons. The van der Waals surface area contributed by atoms with Crippen molar-refractivity contribution in [3.8, 4) is 0 Å². The summed E-state index contributed by atoms with van der Waals surface area (Å²) in [5.41, 5.74) is 0.886. The van der Waals surface area contributed by atoms with E-state index in [0.717, 1.165) is 0 Å². The smallest absolute Gasteiger partial charge is 0.273 e. The molecule has 4 aromatic carbocycles. The summed E-state index contributed by atoms with van der Waals surface area (Å²) in [5.74, 6) is -0.673. The normalized spacial score (nSPS) is 13.5. The second-order valence-electron chi connectivity index (χ2n) is 7.06. The molecule has 4 aromatic rings. The Morgan fingerprint density at radius 2 is 1.09 bits per heavy atom.